The second-order valence-corrected chi connectivity index (χ2v) is 4.69. The number of carbonyl (C=O) groups is 2. The number of esters is 1. The van der Waals surface area contributed by atoms with E-state index in [-0.39, 0.29) is 23.7 Å². The van der Waals surface area contributed by atoms with Crippen molar-refractivity contribution < 1.29 is 14.3 Å². The molecule has 0 saturated carbocycles. The summed E-state index contributed by atoms with van der Waals surface area (Å²) in [6.07, 6.45) is 2.17. The lowest BCUT2D eigenvalue weighted by atomic mass is 9.95. The van der Waals surface area contributed by atoms with Crippen molar-refractivity contribution in [3.05, 3.63) is 0 Å². The summed E-state index contributed by atoms with van der Waals surface area (Å²) >= 11 is 0. The molecule has 1 fully saturated rings. The minimum atomic E-state index is -0.129. The zero-order valence-corrected chi connectivity index (χ0v) is 11.4. The standard InChI is InChI=1S/C13H24N2O3/c1-3-10(9-14)12(16)15-7-5-11(6-8-15)13(17)18-4-2/h10-11H,3-9,14H2,1-2H3. The van der Waals surface area contributed by atoms with Crippen LogP contribution < -0.4 is 5.73 Å². The van der Waals surface area contributed by atoms with Crippen LogP contribution >= 0.6 is 0 Å². The fraction of sp³-hybridized carbons (Fsp3) is 0.846. The van der Waals surface area contributed by atoms with E-state index in [1.165, 1.54) is 0 Å². The Hall–Kier alpha value is -1.10. The molecule has 1 heterocycles. The average molecular weight is 256 g/mol. The van der Waals surface area contributed by atoms with Crippen LogP contribution in [0.2, 0.25) is 0 Å². The molecule has 0 radical (unpaired) electrons. The van der Waals surface area contributed by atoms with Crippen LogP contribution in [0.3, 0.4) is 0 Å². The molecule has 18 heavy (non-hydrogen) atoms. The first-order valence-corrected chi connectivity index (χ1v) is 6.79. The van der Waals surface area contributed by atoms with Crippen LogP contribution in [0.4, 0.5) is 0 Å². The van der Waals surface area contributed by atoms with Gasteiger partial charge in [0.1, 0.15) is 0 Å². The van der Waals surface area contributed by atoms with Gasteiger partial charge in [0.15, 0.2) is 0 Å². The number of rotatable bonds is 5. The molecule has 0 spiro atoms. The van der Waals surface area contributed by atoms with Gasteiger partial charge in [0, 0.05) is 19.6 Å². The molecule has 5 nitrogen and oxygen atoms in total. The number of hydrogen-bond acceptors (Lipinski definition) is 4. The number of nitrogens with zero attached hydrogens (tertiary/aromatic N) is 1. The number of carbonyl (C=O) groups excluding carboxylic acids is 2. The Balaban J connectivity index is 2.43. The summed E-state index contributed by atoms with van der Waals surface area (Å²) < 4.78 is 5.00. The minimum Gasteiger partial charge on any atom is -0.466 e. The predicted molar refractivity (Wildman–Crippen MR) is 68.8 cm³/mol. The van der Waals surface area contributed by atoms with Gasteiger partial charge in [-0.05, 0) is 26.2 Å². The third-order valence-electron chi connectivity index (χ3n) is 3.55. The van der Waals surface area contributed by atoms with E-state index in [1.54, 1.807) is 0 Å². The first-order chi connectivity index (χ1) is 8.63. The molecule has 1 unspecified atom stereocenters. The Morgan fingerprint density at radius 1 is 1.33 bits per heavy atom. The first kappa shape index (κ1) is 15.0. The second kappa shape index (κ2) is 7.36. The van der Waals surface area contributed by atoms with Crippen molar-refractivity contribution in [3.8, 4) is 0 Å². The summed E-state index contributed by atoms with van der Waals surface area (Å²) in [7, 11) is 0. The maximum atomic E-state index is 12.1. The van der Waals surface area contributed by atoms with E-state index in [0.29, 0.717) is 39.1 Å². The maximum Gasteiger partial charge on any atom is 0.309 e. The van der Waals surface area contributed by atoms with Gasteiger partial charge in [0.2, 0.25) is 5.91 Å². The van der Waals surface area contributed by atoms with Gasteiger partial charge in [-0.3, -0.25) is 9.59 Å². The second-order valence-electron chi connectivity index (χ2n) is 4.69. The third kappa shape index (κ3) is 3.70. The number of likely N-dealkylation sites (tertiary alicyclic amines) is 1. The van der Waals surface area contributed by atoms with E-state index in [0.717, 1.165) is 6.42 Å². The van der Waals surface area contributed by atoms with E-state index in [1.807, 2.05) is 18.7 Å². The van der Waals surface area contributed by atoms with Crippen LogP contribution in [0.15, 0.2) is 0 Å². The Morgan fingerprint density at radius 3 is 2.39 bits per heavy atom. The number of ether oxygens (including phenoxy) is 1. The number of nitrogens with two attached hydrogens (primary N) is 1. The van der Waals surface area contributed by atoms with Crippen molar-refractivity contribution in [1.29, 1.82) is 0 Å². The highest BCUT2D eigenvalue weighted by molar-refractivity contribution is 5.79. The van der Waals surface area contributed by atoms with Crippen molar-refractivity contribution in [2.75, 3.05) is 26.2 Å². The quantitative estimate of drug-likeness (QED) is 0.738. The highest BCUT2D eigenvalue weighted by atomic mass is 16.5. The van der Waals surface area contributed by atoms with Crippen LogP contribution in [0, 0.1) is 11.8 Å². The lowest BCUT2D eigenvalue weighted by Crippen LogP contribution is -2.44. The van der Waals surface area contributed by atoms with Gasteiger partial charge in [-0.1, -0.05) is 6.92 Å². The molecular weight excluding hydrogens is 232 g/mol. The van der Waals surface area contributed by atoms with Crippen LogP contribution in [-0.2, 0) is 14.3 Å². The molecule has 1 aliphatic heterocycles. The van der Waals surface area contributed by atoms with Gasteiger partial charge in [-0.2, -0.15) is 0 Å². The number of amides is 1. The monoisotopic (exact) mass is 256 g/mol. The molecule has 0 aliphatic carbocycles. The fourth-order valence-corrected chi connectivity index (χ4v) is 2.30. The van der Waals surface area contributed by atoms with Gasteiger partial charge in [0.05, 0.1) is 18.4 Å². The summed E-state index contributed by atoms with van der Waals surface area (Å²) in [5.74, 6) is -0.131. The molecule has 0 aromatic carbocycles. The largest absolute Gasteiger partial charge is 0.466 e. The molecule has 1 aliphatic rings. The molecule has 104 valence electrons. The van der Waals surface area contributed by atoms with Crippen LogP contribution in [0.5, 0.6) is 0 Å². The average Bonchev–Trinajstić information content (AvgIpc) is 2.40. The zero-order chi connectivity index (χ0) is 13.5. The smallest absolute Gasteiger partial charge is 0.309 e. The Morgan fingerprint density at radius 2 is 1.94 bits per heavy atom. The summed E-state index contributed by atoms with van der Waals surface area (Å²) in [6.45, 7) is 5.87. The van der Waals surface area contributed by atoms with Crippen molar-refractivity contribution in [3.63, 3.8) is 0 Å². The topological polar surface area (TPSA) is 72.6 Å². The van der Waals surface area contributed by atoms with Crippen molar-refractivity contribution >= 4 is 11.9 Å². The highest BCUT2D eigenvalue weighted by Crippen LogP contribution is 2.20. The summed E-state index contributed by atoms with van der Waals surface area (Å²) in [5.41, 5.74) is 5.58. The van der Waals surface area contributed by atoms with Crippen molar-refractivity contribution in [2.24, 2.45) is 17.6 Å². The van der Waals surface area contributed by atoms with E-state index >= 15 is 0 Å². The van der Waals surface area contributed by atoms with E-state index in [2.05, 4.69) is 0 Å². The zero-order valence-electron chi connectivity index (χ0n) is 11.4. The van der Waals surface area contributed by atoms with Crippen LogP contribution in [-0.4, -0.2) is 43.0 Å². The minimum absolute atomic E-state index is 0.0491. The lowest BCUT2D eigenvalue weighted by Gasteiger charge is -2.33. The van der Waals surface area contributed by atoms with Crippen LogP contribution in [0.25, 0.3) is 0 Å². The van der Waals surface area contributed by atoms with Crippen molar-refractivity contribution in [2.45, 2.75) is 33.1 Å². The van der Waals surface area contributed by atoms with E-state index in [4.69, 9.17) is 10.5 Å². The molecule has 1 atom stereocenters. The number of piperidine rings is 1. The normalized spacial score (nSPS) is 18.5. The Bertz CT molecular complexity index is 282. The molecule has 1 saturated heterocycles. The summed E-state index contributed by atoms with van der Waals surface area (Å²) in [6, 6.07) is 0. The van der Waals surface area contributed by atoms with Gasteiger partial charge < -0.3 is 15.4 Å². The first-order valence-electron chi connectivity index (χ1n) is 6.79. The molecule has 1 amide bonds. The number of hydrogen-bond donors (Lipinski definition) is 1. The molecule has 5 heteroatoms. The maximum absolute atomic E-state index is 12.1. The van der Waals surface area contributed by atoms with Gasteiger partial charge in [-0.15, -0.1) is 0 Å². The molecule has 0 bridgehead atoms. The SMILES string of the molecule is CCOC(=O)C1CCN(C(=O)C(CC)CN)CC1. The molecule has 0 aromatic heterocycles. The van der Waals surface area contributed by atoms with Gasteiger partial charge >= 0.3 is 5.97 Å². The lowest BCUT2D eigenvalue weighted by molar-refractivity contribution is -0.151. The van der Waals surface area contributed by atoms with Crippen LogP contribution in [0.1, 0.15) is 33.1 Å². The Kier molecular flexibility index (Phi) is 6.12. The molecule has 0 aromatic rings. The summed E-state index contributed by atoms with van der Waals surface area (Å²) in [4.78, 5) is 25.5. The highest BCUT2D eigenvalue weighted by Gasteiger charge is 2.30. The molecule has 2 N–H and O–H groups in total. The van der Waals surface area contributed by atoms with Crippen molar-refractivity contribution in [1.82, 2.24) is 4.90 Å². The predicted octanol–water partition coefficient (Wildman–Crippen LogP) is 0.773. The van der Waals surface area contributed by atoms with Gasteiger partial charge in [0.25, 0.3) is 0 Å². The summed E-state index contributed by atoms with van der Waals surface area (Å²) in [5, 5.41) is 0. The molecule has 1 rings (SSSR count). The van der Waals surface area contributed by atoms with E-state index < -0.39 is 0 Å². The fourth-order valence-electron chi connectivity index (χ4n) is 2.30. The van der Waals surface area contributed by atoms with Gasteiger partial charge in [-0.25, -0.2) is 0 Å². The third-order valence-corrected chi connectivity index (χ3v) is 3.55. The van der Waals surface area contributed by atoms with E-state index in [9.17, 15) is 9.59 Å². The molecular formula is C13H24N2O3. The Labute approximate surface area is 109 Å².